The molecule has 3 aromatic rings. The summed E-state index contributed by atoms with van der Waals surface area (Å²) in [4.78, 5) is 33.0. The van der Waals surface area contributed by atoms with Crippen molar-refractivity contribution in [1.82, 2.24) is 19.6 Å². The fourth-order valence-electron chi connectivity index (χ4n) is 3.01. The van der Waals surface area contributed by atoms with Crippen molar-refractivity contribution in [3.05, 3.63) is 47.0 Å². The smallest absolute Gasteiger partial charge is 0.340 e. The minimum absolute atomic E-state index is 0.218. The van der Waals surface area contributed by atoms with Crippen LogP contribution in [0.3, 0.4) is 0 Å². The second-order valence-electron chi connectivity index (χ2n) is 6.18. The normalized spacial score (nSPS) is 10.7. The number of rotatable bonds is 6. The predicted octanol–water partition coefficient (Wildman–Crippen LogP) is 2.11. The Morgan fingerprint density at radius 1 is 1.21 bits per heavy atom. The maximum atomic E-state index is 12.5. The van der Waals surface area contributed by atoms with Gasteiger partial charge in [0.1, 0.15) is 12.1 Å². The number of fused-ring (bicyclic) bond motifs is 1. The van der Waals surface area contributed by atoms with E-state index in [1.165, 1.54) is 26.6 Å². The molecule has 9 heteroatoms. The Morgan fingerprint density at radius 2 is 2.00 bits per heavy atom. The van der Waals surface area contributed by atoms with Crippen LogP contribution in [-0.4, -0.2) is 45.7 Å². The molecule has 0 unspecified atom stereocenters. The van der Waals surface area contributed by atoms with Gasteiger partial charge in [0.25, 0.3) is 5.78 Å². The summed E-state index contributed by atoms with van der Waals surface area (Å²) < 4.78 is 11.6. The number of aromatic nitrogens is 4. The summed E-state index contributed by atoms with van der Waals surface area (Å²) in [5, 5.41) is 6.92. The number of aryl methyl sites for hydroxylation is 2. The average Bonchev–Trinajstić information content (AvgIpc) is 3.16. The van der Waals surface area contributed by atoms with Crippen LogP contribution in [0.4, 0.5) is 5.69 Å². The number of methoxy groups -OCH3 is 2. The molecule has 28 heavy (non-hydrogen) atoms. The maximum absolute atomic E-state index is 12.5. The molecule has 0 aliphatic carbocycles. The summed E-state index contributed by atoms with van der Waals surface area (Å²) in [6, 6.07) is 4.81. The van der Waals surface area contributed by atoms with E-state index >= 15 is 0 Å². The van der Waals surface area contributed by atoms with Crippen LogP contribution in [0, 0.1) is 13.8 Å². The first-order valence-electron chi connectivity index (χ1n) is 8.66. The monoisotopic (exact) mass is 383 g/mol. The first-order valence-corrected chi connectivity index (χ1v) is 8.66. The molecule has 0 fully saturated rings. The van der Waals surface area contributed by atoms with Crippen molar-refractivity contribution < 1.29 is 19.1 Å². The highest BCUT2D eigenvalue weighted by Gasteiger charge is 2.17. The van der Waals surface area contributed by atoms with Crippen molar-refractivity contribution in [2.45, 2.75) is 26.7 Å². The number of ether oxygens (including phenoxy) is 2. The van der Waals surface area contributed by atoms with Crippen molar-refractivity contribution >= 4 is 23.3 Å². The fraction of sp³-hybridized carbons (Fsp3) is 0.316. The Kier molecular flexibility index (Phi) is 5.53. The van der Waals surface area contributed by atoms with Crippen LogP contribution < -0.4 is 10.1 Å². The second-order valence-corrected chi connectivity index (χ2v) is 6.18. The fourth-order valence-corrected chi connectivity index (χ4v) is 3.01. The topological polar surface area (TPSA) is 108 Å². The molecule has 2 heterocycles. The van der Waals surface area contributed by atoms with Crippen molar-refractivity contribution in [1.29, 1.82) is 0 Å². The quantitative estimate of drug-likeness (QED) is 0.650. The highest BCUT2D eigenvalue weighted by Crippen LogP contribution is 2.23. The number of carbonyl (C=O) groups is 2. The highest BCUT2D eigenvalue weighted by atomic mass is 16.5. The Morgan fingerprint density at radius 3 is 2.71 bits per heavy atom. The lowest BCUT2D eigenvalue weighted by molar-refractivity contribution is -0.116. The lowest BCUT2D eigenvalue weighted by Gasteiger charge is -2.13. The molecule has 2 aromatic heterocycles. The van der Waals surface area contributed by atoms with Crippen LogP contribution >= 0.6 is 0 Å². The van der Waals surface area contributed by atoms with Crippen molar-refractivity contribution in [3.8, 4) is 5.75 Å². The van der Waals surface area contributed by atoms with Crippen LogP contribution in [0.25, 0.3) is 5.78 Å². The van der Waals surface area contributed by atoms with E-state index in [0.717, 1.165) is 17.0 Å². The highest BCUT2D eigenvalue weighted by molar-refractivity contribution is 6.01. The Labute approximate surface area is 161 Å². The zero-order valence-electron chi connectivity index (χ0n) is 16.1. The van der Waals surface area contributed by atoms with Gasteiger partial charge in [-0.15, -0.1) is 0 Å². The molecule has 0 spiro atoms. The molecule has 0 aliphatic rings. The van der Waals surface area contributed by atoms with Gasteiger partial charge in [0.15, 0.2) is 0 Å². The molecule has 1 aromatic carbocycles. The van der Waals surface area contributed by atoms with Crippen LogP contribution in [0.5, 0.6) is 5.75 Å². The summed E-state index contributed by atoms with van der Waals surface area (Å²) in [6.07, 6.45) is 2.15. The van der Waals surface area contributed by atoms with Crippen LogP contribution in [0.15, 0.2) is 24.5 Å². The molecule has 0 saturated heterocycles. The van der Waals surface area contributed by atoms with Crippen LogP contribution in [0.1, 0.15) is 33.7 Å². The van der Waals surface area contributed by atoms with Gasteiger partial charge in [-0.25, -0.2) is 14.3 Å². The van der Waals surface area contributed by atoms with E-state index in [4.69, 9.17) is 9.47 Å². The van der Waals surface area contributed by atoms with E-state index in [0.29, 0.717) is 23.6 Å². The third-order valence-electron chi connectivity index (χ3n) is 4.50. The molecular formula is C19H21N5O4. The van der Waals surface area contributed by atoms with Gasteiger partial charge in [-0.1, -0.05) is 0 Å². The predicted molar refractivity (Wildman–Crippen MR) is 102 cm³/mol. The summed E-state index contributed by atoms with van der Waals surface area (Å²) >= 11 is 0. The first-order chi connectivity index (χ1) is 13.4. The number of anilines is 1. The van der Waals surface area contributed by atoms with Crippen LogP contribution in [-0.2, 0) is 16.0 Å². The zero-order chi connectivity index (χ0) is 20.3. The Bertz CT molecular complexity index is 1040. The van der Waals surface area contributed by atoms with E-state index in [1.807, 2.05) is 13.8 Å². The molecule has 146 valence electrons. The summed E-state index contributed by atoms with van der Waals surface area (Å²) in [5.41, 5.74) is 3.25. The molecule has 3 rings (SSSR count). The lowest BCUT2D eigenvalue weighted by atomic mass is 10.1. The minimum atomic E-state index is -0.554. The van der Waals surface area contributed by atoms with E-state index < -0.39 is 5.97 Å². The lowest BCUT2D eigenvalue weighted by Crippen LogP contribution is -2.17. The maximum Gasteiger partial charge on any atom is 0.340 e. The third-order valence-corrected chi connectivity index (χ3v) is 4.50. The van der Waals surface area contributed by atoms with Gasteiger partial charge in [0.05, 0.1) is 25.5 Å². The largest absolute Gasteiger partial charge is 0.497 e. The molecule has 0 bridgehead atoms. The second kappa shape index (κ2) is 8.03. The number of hydrogen-bond donors (Lipinski definition) is 1. The van der Waals surface area contributed by atoms with Crippen molar-refractivity contribution in [3.63, 3.8) is 0 Å². The number of hydrogen-bond acceptors (Lipinski definition) is 7. The van der Waals surface area contributed by atoms with Gasteiger partial charge < -0.3 is 14.8 Å². The molecule has 9 nitrogen and oxygen atoms in total. The van der Waals surface area contributed by atoms with E-state index in [1.54, 1.807) is 16.6 Å². The minimum Gasteiger partial charge on any atom is -0.497 e. The average molecular weight is 383 g/mol. The van der Waals surface area contributed by atoms with E-state index in [-0.39, 0.29) is 17.9 Å². The number of nitrogens with one attached hydrogen (secondary N) is 1. The number of amides is 1. The Balaban J connectivity index is 1.76. The third kappa shape index (κ3) is 3.78. The number of benzene rings is 1. The molecule has 0 radical (unpaired) electrons. The number of carbonyl (C=O) groups excluding carboxylic acids is 2. The molecule has 1 amide bonds. The van der Waals surface area contributed by atoms with Gasteiger partial charge in [-0.3, -0.25) is 4.79 Å². The molecule has 0 aliphatic heterocycles. The Hall–Kier alpha value is -3.49. The van der Waals surface area contributed by atoms with E-state index in [9.17, 15) is 9.59 Å². The van der Waals surface area contributed by atoms with Gasteiger partial charge in [-0.2, -0.15) is 10.1 Å². The van der Waals surface area contributed by atoms with Gasteiger partial charge in [0, 0.05) is 17.8 Å². The van der Waals surface area contributed by atoms with Gasteiger partial charge in [-0.05, 0) is 44.0 Å². The molecule has 0 atom stereocenters. The zero-order valence-corrected chi connectivity index (χ0v) is 16.1. The molecule has 0 saturated carbocycles. The van der Waals surface area contributed by atoms with Crippen molar-refractivity contribution in [2.75, 3.05) is 19.5 Å². The van der Waals surface area contributed by atoms with Gasteiger partial charge in [0.2, 0.25) is 5.91 Å². The summed E-state index contributed by atoms with van der Waals surface area (Å²) in [5.74, 6) is 0.246. The van der Waals surface area contributed by atoms with Gasteiger partial charge >= 0.3 is 5.97 Å². The molecular weight excluding hydrogens is 362 g/mol. The number of esters is 1. The van der Waals surface area contributed by atoms with Crippen LogP contribution in [0.2, 0.25) is 0 Å². The van der Waals surface area contributed by atoms with Crippen molar-refractivity contribution in [2.24, 2.45) is 0 Å². The molecule has 1 N–H and O–H groups in total. The van der Waals surface area contributed by atoms with E-state index in [2.05, 4.69) is 20.4 Å². The first kappa shape index (κ1) is 19.3. The number of nitrogens with zero attached hydrogens (tertiary/aromatic N) is 4. The standard InChI is InChI=1S/C19H21N5O4/c1-11-14(12(2)24-19(22-11)20-10-21-24)6-8-17(25)23-16-7-5-13(27-3)9-15(16)18(26)28-4/h5,7,9-10H,6,8H2,1-4H3,(H,23,25). The summed E-state index contributed by atoms with van der Waals surface area (Å²) in [7, 11) is 2.78. The SMILES string of the molecule is COC(=O)c1cc(OC)ccc1NC(=O)CCc1c(C)nc2ncnn2c1C. The summed E-state index contributed by atoms with van der Waals surface area (Å²) in [6.45, 7) is 3.80.